The van der Waals surface area contributed by atoms with Crippen LogP contribution < -0.4 is 10.0 Å². The second-order valence-corrected chi connectivity index (χ2v) is 7.60. The molecule has 1 atom stereocenters. The number of hydrogen-bond donors (Lipinski definition) is 2. The summed E-state index contributed by atoms with van der Waals surface area (Å²) in [6.45, 7) is 7.71. The van der Waals surface area contributed by atoms with E-state index in [1.807, 2.05) is 26.0 Å². The van der Waals surface area contributed by atoms with E-state index in [2.05, 4.69) is 32.9 Å². The summed E-state index contributed by atoms with van der Waals surface area (Å²) < 4.78 is 28.3. The molecule has 21 heavy (non-hydrogen) atoms. The lowest BCUT2D eigenvalue weighted by atomic mass is 10.1. The molecule has 0 amide bonds. The molecule has 0 fully saturated rings. The first-order chi connectivity index (χ1) is 9.94. The molecule has 120 valence electrons. The van der Waals surface area contributed by atoms with Crippen LogP contribution in [0.1, 0.15) is 45.6 Å². The highest BCUT2D eigenvalue weighted by Gasteiger charge is 2.21. The van der Waals surface area contributed by atoms with Gasteiger partial charge in [-0.05, 0) is 53.0 Å². The third-order valence-electron chi connectivity index (χ3n) is 3.32. The third-order valence-corrected chi connectivity index (χ3v) is 5.81. The summed E-state index contributed by atoms with van der Waals surface area (Å²) in [5.74, 6) is 0. The van der Waals surface area contributed by atoms with Gasteiger partial charge in [-0.2, -0.15) is 0 Å². The van der Waals surface area contributed by atoms with Crippen LogP contribution in [0.15, 0.2) is 27.6 Å². The van der Waals surface area contributed by atoms with Crippen molar-refractivity contribution in [2.75, 3.05) is 6.54 Å². The van der Waals surface area contributed by atoms with Crippen molar-refractivity contribution in [3.8, 4) is 0 Å². The molecule has 1 aromatic rings. The van der Waals surface area contributed by atoms with Crippen LogP contribution in [0.4, 0.5) is 0 Å². The first kappa shape index (κ1) is 18.6. The second-order valence-electron chi connectivity index (χ2n) is 5.06. The van der Waals surface area contributed by atoms with E-state index in [0.717, 1.165) is 37.9 Å². The fourth-order valence-electron chi connectivity index (χ4n) is 2.12. The Kier molecular flexibility index (Phi) is 7.87. The number of hydrogen-bond acceptors (Lipinski definition) is 3. The van der Waals surface area contributed by atoms with Gasteiger partial charge >= 0.3 is 0 Å². The molecule has 0 saturated heterocycles. The van der Waals surface area contributed by atoms with Gasteiger partial charge in [0.15, 0.2) is 0 Å². The number of rotatable bonds is 9. The number of halogens is 1. The van der Waals surface area contributed by atoms with Crippen molar-refractivity contribution in [3.05, 3.63) is 28.2 Å². The molecule has 0 aromatic heterocycles. The van der Waals surface area contributed by atoms with E-state index in [4.69, 9.17) is 0 Å². The fraction of sp³-hybridized carbons (Fsp3) is 0.600. The molecule has 2 N–H and O–H groups in total. The molecular weight excluding hydrogens is 352 g/mol. The lowest BCUT2D eigenvalue weighted by Crippen LogP contribution is -2.34. The first-order valence-corrected chi connectivity index (χ1v) is 9.73. The molecule has 0 aliphatic carbocycles. The SMILES string of the molecule is CCCC(CC)NS(=O)(=O)c1ccc(CNCC)cc1Br. The van der Waals surface area contributed by atoms with Crippen molar-refractivity contribution in [2.24, 2.45) is 0 Å². The lowest BCUT2D eigenvalue weighted by Gasteiger charge is -2.17. The van der Waals surface area contributed by atoms with E-state index < -0.39 is 10.0 Å². The summed E-state index contributed by atoms with van der Waals surface area (Å²) in [6.07, 6.45) is 2.61. The van der Waals surface area contributed by atoms with E-state index in [-0.39, 0.29) is 6.04 Å². The van der Waals surface area contributed by atoms with Gasteiger partial charge in [-0.1, -0.05) is 33.3 Å². The molecule has 1 aromatic carbocycles. The quantitative estimate of drug-likeness (QED) is 0.693. The zero-order valence-corrected chi connectivity index (χ0v) is 15.4. The molecule has 1 rings (SSSR count). The minimum atomic E-state index is -3.48. The number of sulfonamides is 1. The van der Waals surface area contributed by atoms with Gasteiger partial charge in [0.1, 0.15) is 0 Å². The molecule has 4 nitrogen and oxygen atoms in total. The van der Waals surface area contributed by atoms with Gasteiger partial charge < -0.3 is 5.32 Å². The van der Waals surface area contributed by atoms with Crippen LogP contribution in [0.25, 0.3) is 0 Å². The Balaban J connectivity index is 2.92. The minimum Gasteiger partial charge on any atom is -0.313 e. The molecule has 0 spiro atoms. The first-order valence-electron chi connectivity index (χ1n) is 7.46. The van der Waals surface area contributed by atoms with Crippen molar-refractivity contribution < 1.29 is 8.42 Å². The normalized spacial score (nSPS) is 13.3. The number of nitrogens with one attached hydrogen (secondary N) is 2. The summed E-state index contributed by atoms with van der Waals surface area (Å²) >= 11 is 3.38. The van der Waals surface area contributed by atoms with Crippen LogP contribution in [-0.4, -0.2) is 21.0 Å². The molecule has 0 aliphatic rings. The van der Waals surface area contributed by atoms with E-state index in [0.29, 0.717) is 9.37 Å². The second kappa shape index (κ2) is 8.88. The van der Waals surface area contributed by atoms with Crippen molar-refractivity contribution in [1.82, 2.24) is 10.0 Å². The maximum atomic E-state index is 12.5. The molecule has 0 aliphatic heterocycles. The van der Waals surface area contributed by atoms with Crippen molar-refractivity contribution in [2.45, 2.75) is 57.5 Å². The van der Waals surface area contributed by atoms with Crippen LogP contribution >= 0.6 is 15.9 Å². The van der Waals surface area contributed by atoms with Gasteiger partial charge in [0.2, 0.25) is 10.0 Å². The summed E-state index contributed by atoms with van der Waals surface area (Å²) in [5, 5.41) is 3.22. The molecular formula is C15H25BrN2O2S. The van der Waals surface area contributed by atoms with Crippen molar-refractivity contribution in [1.29, 1.82) is 0 Å². The summed E-state index contributed by atoms with van der Waals surface area (Å²) in [7, 11) is -3.48. The summed E-state index contributed by atoms with van der Waals surface area (Å²) in [5.41, 5.74) is 1.06. The molecule has 1 unspecified atom stereocenters. The monoisotopic (exact) mass is 376 g/mol. The van der Waals surface area contributed by atoms with Crippen LogP contribution in [0.2, 0.25) is 0 Å². The Morgan fingerprint density at radius 1 is 1.24 bits per heavy atom. The van der Waals surface area contributed by atoms with Gasteiger partial charge in [0.05, 0.1) is 4.90 Å². The Morgan fingerprint density at radius 3 is 2.48 bits per heavy atom. The number of benzene rings is 1. The van der Waals surface area contributed by atoms with Gasteiger partial charge in [-0.25, -0.2) is 13.1 Å². The van der Waals surface area contributed by atoms with Crippen molar-refractivity contribution >= 4 is 26.0 Å². The maximum Gasteiger partial charge on any atom is 0.241 e. The zero-order valence-electron chi connectivity index (χ0n) is 12.9. The maximum absolute atomic E-state index is 12.5. The van der Waals surface area contributed by atoms with Crippen LogP contribution in [-0.2, 0) is 16.6 Å². The van der Waals surface area contributed by atoms with Gasteiger partial charge in [0.25, 0.3) is 0 Å². The predicted octanol–water partition coefficient (Wildman–Crippen LogP) is 3.42. The average molecular weight is 377 g/mol. The Hall–Kier alpha value is -0.430. The van der Waals surface area contributed by atoms with E-state index in [1.165, 1.54) is 0 Å². The largest absolute Gasteiger partial charge is 0.313 e. The average Bonchev–Trinajstić information content (AvgIpc) is 2.44. The summed E-state index contributed by atoms with van der Waals surface area (Å²) in [4.78, 5) is 0.303. The topological polar surface area (TPSA) is 58.2 Å². The predicted molar refractivity (Wildman–Crippen MR) is 90.8 cm³/mol. The highest BCUT2D eigenvalue weighted by atomic mass is 79.9. The van der Waals surface area contributed by atoms with Gasteiger partial charge in [-0.3, -0.25) is 0 Å². The molecule has 0 bridgehead atoms. The van der Waals surface area contributed by atoms with Crippen LogP contribution in [0, 0.1) is 0 Å². The van der Waals surface area contributed by atoms with Gasteiger partial charge in [-0.15, -0.1) is 0 Å². The van der Waals surface area contributed by atoms with Crippen LogP contribution in [0.3, 0.4) is 0 Å². The fourth-order valence-corrected chi connectivity index (χ4v) is 4.60. The Morgan fingerprint density at radius 2 is 1.95 bits per heavy atom. The highest BCUT2D eigenvalue weighted by molar-refractivity contribution is 9.10. The van der Waals surface area contributed by atoms with E-state index in [9.17, 15) is 8.42 Å². The Bertz CT molecular complexity index is 547. The molecule has 0 saturated carbocycles. The molecule has 0 heterocycles. The highest BCUT2D eigenvalue weighted by Crippen LogP contribution is 2.24. The smallest absolute Gasteiger partial charge is 0.241 e. The van der Waals surface area contributed by atoms with Crippen molar-refractivity contribution in [3.63, 3.8) is 0 Å². The van der Waals surface area contributed by atoms with E-state index in [1.54, 1.807) is 6.07 Å². The standard InChI is InChI=1S/C15H25BrN2O2S/c1-4-7-13(5-2)18-21(19,20)15-9-8-12(10-14(15)16)11-17-6-3/h8-10,13,17-18H,4-7,11H2,1-3H3. The lowest BCUT2D eigenvalue weighted by molar-refractivity contribution is 0.512. The van der Waals surface area contributed by atoms with Gasteiger partial charge in [0, 0.05) is 17.1 Å². The third kappa shape index (κ3) is 5.70. The van der Waals surface area contributed by atoms with E-state index >= 15 is 0 Å². The Labute approximate surface area is 136 Å². The zero-order chi connectivity index (χ0) is 15.9. The van der Waals surface area contributed by atoms with Crippen LogP contribution in [0.5, 0.6) is 0 Å². The molecule has 6 heteroatoms. The summed E-state index contributed by atoms with van der Waals surface area (Å²) in [6, 6.07) is 5.37. The minimum absolute atomic E-state index is 0.00617. The molecule has 0 radical (unpaired) electrons.